The fraction of sp³-hybridized carbons (Fsp3) is 0.417. The van der Waals surface area contributed by atoms with Crippen molar-refractivity contribution in [2.24, 2.45) is 0 Å². The van der Waals surface area contributed by atoms with Gasteiger partial charge < -0.3 is 4.74 Å². The number of halogens is 3. The van der Waals surface area contributed by atoms with Gasteiger partial charge in [-0.15, -0.1) is 12.4 Å². The largest absolute Gasteiger partial charge is 0.379 e. The van der Waals surface area contributed by atoms with Crippen molar-refractivity contribution in [2.75, 3.05) is 50.0 Å². The Morgan fingerprint density at radius 1 is 1.14 bits per heavy atom. The first-order valence-electron chi connectivity index (χ1n) is 11.5. The minimum atomic E-state index is -3.59. The third-order valence-electron chi connectivity index (χ3n) is 5.81. The number of rotatable bonds is 10. The number of ether oxygens (including phenoxy) is 1. The molecule has 2 heterocycles. The molecule has 4 rings (SSSR count). The van der Waals surface area contributed by atoms with Gasteiger partial charge in [0.1, 0.15) is 5.82 Å². The Bertz CT molecular complexity index is 1270. The van der Waals surface area contributed by atoms with Crippen LogP contribution in [0.3, 0.4) is 0 Å². The lowest BCUT2D eigenvalue weighted by molar-refractivity contribution is -0.118. The number of aromatic nitrogens is 1. The Kier molecular flexibility index (Phi) is 10.6. The molecule has 1 amide bonds. The molecule has 1 aliphatic rings. The van der Waals surface area contributed by atoms with Gasteiger partial charge in [0.25, 0.3) is 0 Å². The summed E-state index contributed by atoms with van der Waals surface area (Å²) in [4.78, 5) is 22.0. The van der Waals surface area contributed by atoms with Gasteiger partial charge in [-0.05, 0) is 55.3 Å². The average Bonchev–Trinajstić information content (AvgIpc) is 3.25. The number of nitrogens with zero attached hydrogens (tertiary/aromatic N) is 3. The second kappa shape index (κ2) is 13.3. The maximum atomic E-state index is 13.2. The van der Waals surface area contributed by atoms with Crippen LogP contribution in [0.5, 0.6) is 0 Å². The molecule has 0 radical (unpaired) electrons. The van der Waals surface area contributed by atoms with Gasteiger partial charge in [-0.1, -0.05) is 27.3 Å². The molecule has 0 saturated carbocycles. The van der Waals surface area contributed by atoms with Crippen LogP contribution in [0, 0.1) is 5.82 Å². The number of anilines is 1. The van der Waals surface area contributed by atoms with Gasteiger partial charge in [0.05, 0.1) is 34.1 Å². The molecule has 3 aromatic rings. The number of sulfone groups is 1. The van der Waals surface area contributed by atoms with Gasteiger partial charge in [-0.3, -0.25) is 14.6 Å². The molecule has 0 bridgehead atoms. The monoisotopic (exact) mass is 619 g/mol. The Morgan fingerprint density at radius 2 is 1.86 bits per heavy atom. The summed E-state index contributed by atoms with van der Waals surface area (Å²) in [5.41, 5.74) is 0.818. The van der Waals surface area contributed by atoms with E-state index in [9.17, 15) is 17.6 Å². The molecular formula is C24H28BrClFN3O4S2. The molecule has 1 fully saturated rings. The van der Waals surface area contributed by atoms with Crippen LogP contribution < -0.4 is 4.90 Å². The molecule has 0 aliphatic carbocycles. The van der Waals surface area contributed by atoms with Crippen LogP contribution in [0.2, 0.25) is 0 Å². The van der Waals surface area contributed by atoms with Gasteiger partial charge in [-0.2, -0.15) is 0 Å². The maximum absolute atomic E-state index is 13.2. The molecule has 1 aromatic heterocycles. The molecule has 2 aromatic carbocycles. The molecule has 0 unspecified atom stereocenters. The second-order valence-electron chi connectivity index (χ2n) is 8.34. The van der Waals surface area contributed by atoms with E-state index < -0.39 is 15.7 Å². The topological polar surface area (TPSA) is 79.8 Å². The van der Waals surface area contributed by atoms with E-state index in [4.69, 9.17) is 4.74 Å². The Balaban J connectivity index is 0.00000361. The molecular weight excluding hydrogens is 593 g/mol. The van der Waals surface area contributed by atoms with Crippen LogP contribution in [0.4, 0.5) is 9.52 Å². The Hall–Kier alpha value is -1.63. The Morgan fingerprint density at radius 3 is 2.58 bits per heavy atom. The van der Waals surface area contributed by atoms with Crippen LogP contribution in [0.25, 0.3) is 10.2 Å². The predicted octanol–water partition coefficient (Wildman–Crippen LogP) is 4.93. The van der Waals surface area contributed by atoms with E-state index in [0.717, 1.165) is 66.1 Å². The highest BCUT2D eigenvalue weighted by Crippen LogP contribution is 2.31. The van der Waals surface area contributed by atoms with E-state index in [1.165, 1.54) is 23.5 Å². The highest BCUT2D eigenvalue weighted by Gasteiger charge is 2.22. The van der Waals surface area contributed by atoms with Crippen molar-refractivity contribution in [3.8, 4) is 0 Å². The third-order valence-corrected chi connectivity index (χ3v) is 9.16. The molecule has 0 atom stereocenters. The van der Waals surface area contributed by atoms with Crippen LogP contribution in [0.15, 0.2) is 51.8 Å². The normalized spacial score (nSPS) is 14.5. The SMILES string of the molecule is Cl.O=C(CCCS(=O)(=O)c1ccc(F)cc1)N(CCCN1CCOCC1)c1nc2ccc(Br)cc2s1. The summed E-state index contributed by atoms with van der Waals surface area (Å²) in [7, 11) is -3.59. The van der Waals surface area contributed by atoms with Crippen molar-refractivity contribution in [1.82, 2.24) is 9.88 Å². The van der Waals surface area contributed by atoms with E-state index in [2.05, 4.69) is 25.8 Å². The number of carbonyl (C=O) groups excluding carboxylic acids is 1. The maximum Gasteiger partial charge on any atom is 0.228 e. The van der Waals surface area contributed by atoms with Gasteiger partial charge in [0.15, 0.2) is 15.0 Å². The second-order valence-corrected chi connectivity index (χ2v) is 12.4. The summed E-state index contributed by atoms with van der Waals surface area (Å²) in [5, 5.41) is 0.617. The van der Waals surface area contributed by atoms with E-state index in [-0.39, 0.29) is 41.8 Å². The van der Waals surface area contributed by atoms with Crippen molar-refractivity contribution < 1.29 is 22.3 Å². The molecule has 1 saturated heterocycles. The number of fused-ring (bicyclic) bond motifs is 1. The van der Waals surface area contributed by atoms with Gasteiger partial charge >= 0.3 is 0 Å². The molecule has 196 valence electrons. The van der Waals surface area contributed by atoms with Crippen LogP contribution in [-0.4, -0.2) is 69.4 Å². The van der Waals surface area contributed by atoms with Gasteiger partial charge in [0.2, 0.25) is 5.91 Å². The predicted molar refractivity (Wildman–Crippen MR) is 146 cm³/mol. The number of morpholine rings is 1. The summed E-state index contributed by atoms with van der Waals surface area (Å²) in [6.45, 7) is 4.55. The van der Waals surface area contributed by atoms with Crippen molar-refractivity contribution in [3.05, 3.63) is 52.8 Å². The minimum Gasteiger partial charge on any atom is -0.379 e. The number of hydrogen-bond acceptors (Lipinski definition) is 7. The summed E-state index contributed by atoms with van der Waals surface area (Å²) < 4.78 is 45.6. The first kappa shape index (κ1) is 28.9. The van der Waals surface area contributed by atoms with Crippen LogP contribution in [0.1, 0.15) is 19.3 Å². The van der Waals surface area contributed by atoms with Crippen LogP contribution >= 0.6 is 39.7 Å². The lowest BCUT2D eigenvalue weighted by Crippen LogP contribution is -2.39. The number of hydrogen-bond donors (Lipinski definition) is 0. The fourth-order valence-electron chi connectivity index (χ4n) is 3.91. The smallest absolute Gasteiger partial charge is 0.228 e. The third kappa shape index (κ3) is 7.69. The molecule has 7 nitrogen and oxygen atoms in total. The highest BCUT2D eigenvalue weighted by atomic mass is 79.9. The summed E-state index contributed by atoms with van der Waals surface area (Å²) in [6, 6.07) is 10.6. The first-order chi connectivity index (χ1) is 16.8. The number of amides is 1. The number of thiazole rings is 1. The lowest BCUT2D eigenvalue weighted by atomic mass is 10.2. The van der Waals surface area contributed by atoms with Crippen molar-refractivity contribution in [2.45, 2.75) is 24.2 Å². The van der Waals surface area contributed by atoms with Gasteiger partial charge in [0, 0.05) is 37.1 Å². The number of carbonyl (C=O) groups is 1. The lowest BCUT2D eigenvalue weighted by Gasteiger charge is -2.27. The average molecular weight is 621 g/mol. The zero-order chi connectivity index (χ0) is 24.8. The standard InChI is InChI=1S/C24H27BrFN3O4S2.ClH/c25-18-4-9-21-22(17-18)34-24(27-21)29(11-2-10-28-12-14-33-15-13-28)23(30)3-1-16-35(31,32)20-7-5-19(26)6-8-20;/h4-9,17H,1-3,10-16H2;1H. The summed E-state index contributed by atoms with van der Waals surface area (Å²) in [6.07, 6.45) is 1.03. The zero-order valence-electron chi connectivity index (χ0n) is 19.6. The zero-order valence-corrected chi connectivity index (χ0v) is 23.6. The summed E-state index contributed by atoms with van der Waals surface area (Å²) >= 11 is 4.92. The van der Waals surface area contributed by atoms with Crippen LogP contribution in [-0.2, 0) is 19.4 Å². The van der Waals surface area contributed by atoms with Crippen molar-refractivity contribution >= 4 is 70.8 Å². The molecule has 0 N–H and O–H groups in total. The highest BCUT2D eigenvalue weighted by molar-refractivity contribution is 9.10. The van der Waals surface area contributed by atoms with Crippen molar-refractivity contribution in [3.63, 3.8) is 0 Å². The molecule has 12 heteroatoms. The minimum absolute atomic E-state index is 0. The van der Waals surface area contributed by atoms with E-state index in [1.54, 1.807) is 4.90 Å². The van der Waals surface area contributed by atoms with E-state index >= 15 is 0 Å². The summed E-state index contributed by atoms with van der Waals surface area (Å²) in [5.74, 6) is -0.826. The quantitative estimate of drug-likeness (QED) is 0.299. The molecule has 36 heavy (non-hydrogen) atoms. The van der Waals surface area contributed by atoms with E-state index in [1.807, 2.05) is 18.2 Å². The molecule has 1 aliphatic heterocycles. The molecule has 0 spiro atoms. The van der Waals surface area contributed by atoms with E-state index in [0.29, 0.717) is 11.7 Å². The fourth-order valence-corrected chi connectivity index (χ4v) is 6.79. The Labute approximate surface area is 229 Å². The van der Waals surface area contributed by atoms with Gasteiger partial charge in [-0.25, -0.2) is 17.8 Å². The first-order valence-corrected chi connectivity index (χ1v) is 14.7. The number of benzene rings is 2. The van der Waals surface area contributed by atoms with Crippen molar-refractivity contribution in [1.29, 1.82) is 0 Å².